The van der Waals surface area contributed by atoms with Crippen LogP contribution in [0.4, 0.5) is 0 Å². The molecule has 0 saturated carbocycles. The summed E-state index contributed by atoms with van der Waals surface area (Å²) in [6.07, 6.45) is 0.746. The highest BCUT2D eigenvalue weighted by Crippen LogP contribution is 2.40. The molecule has 6 nitrogen and oxygen atoms in total. The van der Waals surface area contributed by atoms with Crippen LogP contribution in [0.1, 0.15) is 18.9 Å². The molecule has 1 aromatic rings. The zero-order valence-electron chi connectivity index (χ0n) is 13.6. The van der Waals surface area contributed by atoms with E-state index < -0.39 is 5.97 Å². The SMILES string of the molecule is COc1cc(CN2CC(C)CC(C(=O)O)C2)cc2c1OCCO2. The van der Waals surface area contributed by atoms with Gasteiger partial charge in [0.1, 0.15) is 13.2 Å². The van der Waals surface area contributed by atoms with Gasteiger partial charge >= 0.3 is 5.97 Å². The Labute approximate surface area is 135 Å². The highest BCUT2D eigenvalue weighted by Gasteiger charge is 2.30. The van der Waals surface area contributed by atoms with Crippen LogP contribution in [0, 0.1) is 11.8 Å². The first-order valence-electron chi connectivity index (χ1n) is 7.98. The van der Waals surface area contributed by atoms with Gasteiger partial charge in [0.05, 0.1) is 13.0 Å². The van der Waals surface area contributed by atoms with E-state index >= 15 is 0 Å². The van der Waals surface area contributed by atoms with Crippen molar-refractivity contribution in [2.24, 2.45) is 11.8 Å². The molecule has 2 aliphatic heterocycles. The summed E-state index contributed by atoms with van der Waals surface area (Å²) in [5.74, 6) is 1.39. The number of hydrogen-bond acceptors (Lipinski definition) is 5. The zero-order valence-corrected chi connectivity index (χ0v) is 13.6. The van der Waals surface area contributed by atoms with Crippen LogP contribution in [0.5, 0.6) is 17.2 Å². The summed E-state index contributed by atoms with van der Waals surface area (Å²) in [4.78, 5) is 13.5. The van der Waals surface area contributed by atoms with Crippen molar-refractivity contribution in [1.29, 1.82) is 0 Å². The molecular formula is C17H23NO5. The molecule has 3 rings (SSSR count). The standard InChI is InChI=1S/C17H23NO5/c1-11-5-13(17(19)20)10-18(8-11)9-12-6-14(21-2)16-15(7-12)22-3-4-23-16/h6-7,11,13H,3-5,8-10H2,1-2H3,(H,19,20). The van der Waals surface area contributed by atoms with E-state index in [0.29, 0.717) is 49.5 Å². The number of rotatable bonds is 4. The maximum absolute atomic E-state index is 11.3. The van der Waals surface area contributed by atoms with Crippen molar-refractivity contribution in [3.8, 4) is 17.2 Å². The number of aliphatic carboxylic acids is 1. The summed E-state index contributed by atoms with van der Waals surface area (Å²) >= 11 is 0. The lowest BCUT2D eigenvalue weighted by Crippen LogP contribution is -2.41. The Morgan fingerprint density at radius 1 is 1.35 bits per heavy atom. The van der Waals surface area contributed by atoms with Gasteiger partial charge in [-0.1, -0.05) is 6.92 Å². The molecule has 0 bridgehead atoms. The third-order valence-corrected chi connectivity index (χ3v) is 4.38. The van der Waals surface area contributed by atoms with Gasteiger partial charge < -0.3 is 19.3 Å². The molecule has 0 radical (unpaired) electrons. The monoisotopic (exact) mass is 321 g/mol. The van der Waals surface area contributed by atoms with E-state index in [2.05, 4.69) is 11.8 Å². The lowest BCUT2D eigenvalue weighted by molar-refractivity contribution is -0.144. The summed E-state index contributed by atoms with van der Waals surface area (Å²) in [5, 5.41) is 9.30. The van der Waals surface area contributed by atoms with Crippen molar-refractivity contribution in [1.82, 2.24) is 4.90 Å². The van der Waals surface area contributed by atoms with Gasteiger partial charge in [0.25, 0.3) is 0 Å². The number of carboxylic acids is 1. The lowest BCUT2D eigenvalue weighted by atomic mass is 9.90. The zero-order chi connectivity index (χ0) is 16.4. The maximum atomic E-state index is 11.3. The van der Waals surface area contributed by atoms with Gasteiger partial charge in [0.2, 0.25) is 5.75 Å². The maximum Gasteiger partial charge on any atom is 0.307 e. The predicted molar refractivity (Wildman–Crippen MR) is 84.2 cm³/mol. The first-order valence-corrected chi connectivity index (χ1v) is 7.98. The topological polar surface area (TPSA) is 68.2 Å². The highest BCUT2D eigenvalue weighted by molar-refractivity contribution is 5.70. The first kappa shape index (κ1) is 15.9. The number of fused-ring (bicyclic) bond motifs is 1. The number of carbonyl (C=O) groups is 1. The fourth-order valence-electron chi connectivity index (χ4n) is 3.45. The largest absolute Gasteiger partial charge is 0.493 e. The Bertz CT molecular complexity index is 571. The third-order valence-electron chi connectivity index (χ3n) is 4.38. The summed E-state index contributed by atoms with van der Waals surface area (Å²) in [6, 6.07) is 3.91. The molecule has 1 N–H and O–H groups in total. The number of piperidine rings is 1. The van der Waals surface area contributed by atoms with E-state index in [1.165, 1.54) is 0 Å². The fraction of sp³-hybridized carbons (Fsp3) is 0.588. The second-order valence-corrected chi connectivity index (χ2v) is 6.39. The fourth-order valence-corrected chi connectivity index (χ4v) is 3.45. The summed E-state index contributed by atoms with van der Waals surface area (Å²) in [7, 11) is 1.61. The molecule has 1 fully saturated rings. The van der Waals surface area contributed by atoms with Crippen molar-refractivity contribution in [3.63, 3.8) is 0 Å². The number of ether oxygens (including phenoxy) is 3. The molecule has 0 aliphatic carbocycles. The van der Waals surface area contributed by atoms with Gasteiger partial charge in [-0.2, -0.15) is 0 Å². The minimum atomic E-state index is -0.707. The van der Waals surface area contributed by atoms with Crippen LogP contribution < -0.4 is 14.2 Å². The molecule has 23 heavy (non-hydrogen) atoms. The molecule has 0 aromatic heterocycles. The van der Waals surface area contributed by atoms with E-state index in [1.807, 2.05) is 12.1 Å². The minimum absolute atomic E-state index is 0.294. The van der Waals surface area contributed by atoms with E-state index in [9.17, 15) is 9.90 Å². The van der Waals surface area contributed by atoms with Gasteiger partial charge in [-0.05, 0) is 30.0 Å². The summed E-state index contributed by atoms with van der Waals surface area (Å²) in [5.41, 5.74) is 1.05. The Balaban J connectivity index is 1.78. The normalized spacial score (nSPS) is 24.3. The number of benzene rings is 1. The van der Waals surface area contributed by atoms with Crippen LogP contribution in [0.3, 0.4) is 0 Å². The van der Waals surface area contributed by atoms with Crippen LogP contribution >= 0.6 is 0 Å². The average molecular weight is 321 g/mol. The van der Waals surface area contributed by atoms with Gasteiger partial charge in [-0.15, -0.1) is 0 Å². The van der Waals surface area contributed by atoms with Crippen molar-refractivity contribution < 1.29 is 24.1 Å². The van der Waals surface area contributed by atoms with Crippen molar-refractivity contribution in [2.45, 2.75) is 19.9 Å². The van der Waals surface area contributed by atoms with Gasteiger partial charge in [0, 0.05) is 19.6 Å². The van der Waals surface area contributed by atoms with Crippen LogP contribution in [0.25, 0.3) is 0 Å². The molecule has 2 unspecified atom stereocenters. The molecule has 2 aliphatic rings. The van der Waals surface area contributed by atoms with E-state index in [4.69, 9.17) is 14.2 Å². The molecule has 1 aromatic carbocycles. The van der Waals surface area contributed by atoms with Crippen LogP contribution in [0.15, 0.2) is 12.1 Å². The molecule has 0 spiro atoms. The average Bonchev–Trinajstić information content (AvgIpc) is 2.53. The molecule has 2 atom stereocenters. The van der Waals surface area contributed by atoms with Gasteiger partial charge in [-0.3, -0.25) is 9.69 Å². The molecule has 1 saturated heterocycles. The van der Waals surface area contributed by atoms with E-state index in [0.717, 1.165) is 18.5 Å². The predicted octanol–water partition coefficient (Wildman–Crippen LogP) is 2.01. The lowest BCUT2D eigenvalue weighted by Gasteiger charge is -2.34. The Kier molecular flexibility index (Phi) is 4.61. The highest BCUT2D eigenvalue weighted by atomic mass is 16.6. The molecule has 6 heteroatoms. The Morgan fingerprint density at radius 3 is 2.87 bits per heavy atom. The van der Waals surface area contributed by atoms with Crippen LogP contribution in [-0.4, -0.2) is 49.4 Å². The van der Waals surface area contributed by atoms with Crippen molar-refractivity contribution >= 4 is 5.97 Å². The summed E-state index contributed by atoms with van der Waals surface area (Å²) in [6.45, 7) is 5.32. The Hall–Kier alpha value is -1.95. The first-order chi connectivity index (χ1) is 11.1. The third kappa shape index (κ3) is 3.52. The van der Waals surface area contributed by atoms with E-state index in [-0.39, 0.29) is 5.92 Å². The minimum Gasteiger partial charge on any atom is -0.493 e. The van der Waals surface area contributed by atoms with Gasteiger partial charge in [-0.25, -0.2) is 0 Å². The summed E-state index contributed by atoms with van der Waals surface area (Å²) < 4.78 is 16.7. The van der Waals surface area contributed by atoms with Crippen molar-refractivity contribution in [2.75, 3.05) is 33.4 Å². The second-order valence-electron chi connectivity index (χ2n) is 6.39. The number of carboxylic acid groups (broad SMARTS) is 1. The quantitative estimate of drug-likeness (QED) is 0.915. The Morgan fingerprint density at radius 2 is 2.13 bits per heavy atom. The van der Waals surface area contributed by atoms with Gasteiger partial charge in [0.15, 0.2) is 11.5 Å². The smallest absolute Gasteiger partial charge is 0.307 e. The van der Waals surface area contributed by atoms with E-state index in [1.54, 1.807) is 7.11 Å². The molecular weight excluding hydrogens is 298 g/mol. The van der Waals surface area contributed by atoms with Crippen LogP contribution in [-0.2, 0) is 11.3 Å². The number of likely N-dealkylation sites (tertiary alicyclic amines) is 1. The molecule has 2 heterocycles. The molecule has 0 amide bonds. The molecule has 126 valence electrons. The number of hydrogen-bond donors (Lipinski definition) is 1. The number of nitrogens with zero attached hydrogens (tertiary/aromatic N) is 1. The number of methoxy groups -OCH3 is 1. The van der Waals surface area contributed by atoms with Crippen molar-refractivity contribution in [3.05, 3.63) is 17.7 Å². The second kappa shape index (κ2) is 6.66. The van der Waals surface area contributed by atoms with Crippen LogP contribution in [0.2, 0.25) is 0 Å².